The minimum Gasteiger partial charge on any atom is -0.444 e. The average Bonchev–Trinajstić information content (AvgIpc) is 2.36. The molecule has 0 aliphatic heterocycles. The zero-order valence-corrected chi connectivity index (χ0v) is 12.4. The molecule has 0 fully saturated rings. The van der Waals surface area contributed by atoms with E-state index in [1.165, 1.54) is 0 Å². The van der Waals surface area contributed by atoms with Crippen LogP contribution in [-0.2, 0) is 16.0 Å². The Morgan fingerprint density at radius 3 is 2.33 bits per heavy atom. The van der Waals surface area contributed by atoms with E-state index in [-0.39, 0.29) is 0 Å². The lowest BCUT2D eigenvalue weighted by Gasteiger charge is -2.21. The summed E-state index contributed by atoms with van der Waals surface area (Å²) in [6, 6.07) is 5.74. The highest BCUT2D eigenvalue weighted by molar-refractivity contribution is 6.58. The van der Waals surface area contributed by atoms with Crippen molar-refractivity contribution in [3.63, 3.8) is 0 Å². The van der Waals surface area contributed by atoms with Crippen molar-refractivity contribution in [1.29, 1.82) is 0 Å². The van der Waals surface area contributed by atoms with Gasteiger partial charge in [0.05, 0.1) is 6.04 Å². The fourth-order valence-electron chi connectivity index (χ4n) is 1.67. The Balaban J connectivity index is 2.61. The molecule has 7 heteroatoms. The summed E-state index contributed by atoms with van der Waals surface area (Å²) < 4.78 is 5.08. The first-order valence-corrected chi connectivity index (χ1v) is 6.61. The van der Waals surface area contributed by atoms with Gasteiger partial charge in [-0.25, -0.2) is 4.79 Å². The van der Waals surface area contributed by atoms with E-state index in [9.17, 15) is 9.59 Å². The van der Waals surface area contributed by atoms with Gasteiger partial charge < -0.3 is 24.9 Å². The molecule has 6 nitrogen and oxygen atoms in total. The van der Waals surface area contributed by atoms with Gasteiger partial charge in [-0.05, 0) is 38.2 Å². The van der Waals surface area contributed by atoms with Crippen molar-refractivity contribution in [3.05, 3.63) is 29.8 Å². The zero-order chi connectivity index (χ0) is 16.0. The van der Waals surface area contributed by atoms with E-state index in [1.54, 1.807) is 45.0 Å². The third-order valence-electron chi connectivity index (χ3n) is 2.60. The highest BCUT2D eigenvalue weighted by Gasteiger charge is 2.19. The van der Waals surface area contributed by atoms with Gasteiger partial charge in [-0.3, -0.25) is 0 Å². The first-order chi connectivity index (χ1) is 9.71. The van der Waals surface area contributed by atoms with Crippen LogP contribution in [0.1, 0.15) is 26.3 Å². The number of hydrogen-bond donors (Lipinski definition) is 3. The Morgan fingerprint density at radius 1 is 1.33 bits per heavy atom. The van der Waals surface area contributed by atoms with Gasteiger partial charge in [0, 0.05) is 0 Å². The molecule has 1 rings (SSSR count). The Morgan fingerprint density at radius 2 is 1.90 bits per heavy atom. The molecule has 1 unspecified atom stereocenters. The smallest absolute Gasteiger partial charge is 0.444 e. The van der Waals surface area contributed by atoms with Crippen molar-refractivity contribution in [1.82, 2.24) is 5.32 Å². The molecule has 0 saturated heterocycles. The first-order valence-electron chi connectivity index (χ1n) is 6.61. The minimum atomic E-state index is -1.53. The van der Waals surface area contributed by atoms with Crippen molar-refractivity contribution in [2.45, 2.75) is 38.8 Å². The van der Waals surface area contributed by atoms with Gasteiger partial charge in [0.2, 0.25) is 0 Å². The quantitative estimate of drug-likeness (QED) is 0.524. The molecule has 0 heterocycles. The molecule has 1 aromatic carbocycles. The SMILES string of the molecule is CC(C)(C)OC(=O)NC(C=O)Cc1ccc(B(O)O)cc1. The molecule has 114 valence electrons. The van der Waals surface area contributed by atoms with E-state index >= 15 is 0 Å². The molecule has 1 atom stereocenters. The van der Waals surface area contributed by atoms with Gasteiger partial charge in [-0.1, -0.05) is 24.3 Å². The van der Waals surface area contributed by atoms with Gasteiger partial charge >= 0.3 is 13.2 Å². The summed E-state index contributed by atoms with van der Waals surface area (Å²) in [5.74, 6) is 0. The van der Waals surface area contributed by atoms with Crippen LogP contribution in [0.4, 0.5) is 4.79 Å². The summed E-state index contributed by atoms with van der Waals surface area (Å²) in [7, 11) is -1.53. The Hall–Kier alpha value is -1.86. The number of alkyl carbamates (subject to hydrolysis) is 1. The number of carbonyl (C=O) groups excluding carboxylic acids is 2. The maximum atomic E-state index is 11.6. The molecule has 0 aliphatic rings. The number of hydrogen-bond acceptors (Lipinski definition) is 5. The van der Waals surface area contributed by atoms with Crippen molar-refractivity contribution in [3.8, 4) is 0 Å². The lowest BCUT2D eigenvalue weighted by molar-refractivity contribution is -0.109. The van der Waals surface area contributed by atoms with Crippen LogP contribution >= 0.6 is 0 Å². The predicted octanol–water partition coefficient (Wildman–Crippen LogP) is 0.00110. The number of nitrogens with one attached hydrogen (secondary N) is 1. The summed E-state index contributed by atoms with van der Waals surface area (Å²) >= 11 is 0. The molecular weight excluding hydrogens is 273 g/mol. The molecule has 0 radical (unpaired) electrons. The van der Waals surface area contributed by atoms with Gasteiger partial charge in [0.25, 0.3) is 0 Å². The lowest BCUT2D eigenvalue weighted by atomic mass is 9.80. The van der Waals surface area contributed by atoms with Crippen LogP contribution in [0, 0.1) is 0 Å². The Labute approximate surface area is 124 Å². The van der Waals surface area contributed by atoms with E-state index in [1.807, 2.05) is 0 Å². The number of benzene rings is 1. The average molecular weight is 293 g/mol. The number of rotatable bonds is 5. The van der Waals surface area contributed by atoms with Crippen LogP contribution in [0.15, 0.2) is 24.3 Å². The van der Waals surface area contributed by atoms with Crippen LogP contribution in [0.25, 0.3) is 0 Å². The fourth-order valence-corrected chi connectivity index (χ4v) is 1.67. The van der Waals surface area contributed by atoms with Gasteiger partial charge in [0.1, 0.15) is 11.9 Å². The summed E-state index contributed by atoms with van der Waals surface area (Å²) in [5.41, 5.74) is 0.519. The van der Waals surface area contributed by atoms with E-state index in [0.717, 1.165) is 5.56 Å². The summed E-state index contributed by atoms with van der Waals surface area (Å²) in [6.07, 6.45) is 0.283. The summed E-state index contributed by atoms with van der Waals surface area (Å²) in [6.45, 7) is 5.21. The monoisotopic (exact) mass is 293 g/mol. The number of amides is 1. The second kappa shape index (κ2) is 7.24. The fraction of sp³-hybridized carbons (Fsp3) is 0.429. The number of aldehydes is 1. The van der Waals surface area contributed by atoms with Crippen LogP contribution < -0.4 is 10.8 Å². The highest BCUT2D eigenvalue weighted by Crippen LogP contribution is 2.07. The lowest BCUT2D eigenvalue weighted by Crippen LogP contribution is -2.41. The van der Waals surface area contributed by atoms with E-state index < -0.39 is 24.9 Å². The molecule has 1 amide bonds. The largest absolute Gasteiger partial charge is 0.488 e. The second-order valence-corrected chi connectivity index (χ2v) is 5.71. The molecule has 0 aliphatic carbocycles. The molecule has 0 aromatic heterocycles. The molecular formula is C14H20BNO5. The highest BCUT2D eigenvalue weighted by atomic mass is 16.6. The maximum absolute atomic E-state index is 11.6. The zero-order valence-electron chi connectivity index (χ0n) is 12.4. The Kier molecular flexibility index (Phi) is 5.93. The minimum absolute atomic E-state index is 0.296. The van der Waals surface area contributed by atoms with Crippen molar-refractivity contribution < 1.29 is 24.4 Å². The summed E-state index contributed by atoms with van der Waals surface area (Å²) in [5, 5.41) is 20.5. The summed E-state index contributed by atoms with van der Waals surface area (Å²) in [4.78, 5) is 22.6. The second-order valence-electron chi connectivity index (χ2n) is 5.71. The first kappa shape index (κ1) is 17.2. The third kappa shape index (κ3) is 6.42. The van der Waals surface area contributed by atoms with E-state index in [4.69, 9.17) is 14.8 Å². The number of carbonyl (C=O) groups is 2. The molecule has 3 N–H and O–H groups in total. The topological polar surface area (TPSA) is 95.9 Å². The molecule has 21 heavy (non-hydrogen) atoms. The third-order valence-corrected chi connectivity index (χ3v) is 2.60. The van der Waals surface area contributed by atoms with Gasteiger partial charge in [0.15, 0.2) is 0 Å². The standard InChI is InChI=1S/C14H20BNO5/c1-14(2,3)21-13(18)16-12(9-17)8-10-4-6-11(7-5-10)15(19)20/h4-7,9,12,19-20H,8H2,1-3H3,(H,16,18). The maximum Gasteiger partial charge on any atom is 0.488 e. The van der Waals surface area contributed by atoms with Crippen LogP contribution in [0.5, 0.6) is 0 Å². The van der Waals surface area contributed by atoms with Crippen molar-refractivity contribution >= 4 is 25.0 Å². The van der Waals surface area contributed by atoms with Crippen LogP contribution in [-0.4, -0.2) is 41.2 Å². The number of ether oxygens (including phenoxy) is 1. The normalized spacial score (nSPS) is 12.4. The van der Waals surface area contributed by atoms with Crippen molar-refractivity contribution in [2.24, 2.45) is 0 Å². The van der Waals surface area contributed by atoms with E-state index in [2.05, 4.69) is 5.32 Å². The molecule has 1 aromatic rings. The predicted molar refractivity (Wildman–Crippen MR) is 79.2 cm³/mol. The molecule has 0 bridgehead atoms. The molecule has 0 saturated carbocycles. The molecule has 0 spiro atoms. The van der Waals surface area contributed by atoms with Crippen molar-refractivity contribution in [2.75, 3.05) is 0 Å². The van der Waals surface area contributed by atoms with Crippen LogP contribution in [0.3, 0.4) is 0 Å². The van der Waals surface area contributed by atoms with Gasteiger partial charge in [-0.2, -0.15) is 0 Å². The Bertz CT molecular complexity index is 481. The van der Waals surface area contributed by atoms with Gasteiger partial charge in [-0.15, -0.1) is 0 Å². The van der Waals surface area contributed by atoms with E-state index in [0.29, 0.717) is 18.2 Å². The van der Waals surface area contributed by atoms with Crippen LogP contribution in [0.2, 0.25) is 0 Å².